The molecule has 0 aliphatic rings. The number of anilines is 2. The predicted octanol–water partition coefficient (Wildman–Crippen LogP) is 6.76. The van der Waals surface area contributed by atoms with Crippen molar-refractivity contribution in [2.24, 2.45) is 0 Å². The summed E-state index contributed by atoms with van der Waals surface area (Å²) in [7, 11) is 6.09. The third-order valence-corrected chi connectivity index (χ3v) is 5.41. The van der Waals surface area contributed by atoms with Crippen LogP contribution >= 0.6 is 11.9 Å². The summed E-state index contributed by atoms with van der Waals surface area (Å²) < 4.78 is 39.2. The van der Waals surface area contributed by atoms with Gasteiger partial charge in [0.05, 0.1) is 34.1 Å². The maximum absolute atomic E-state index is 14.7. The SMILES string of the molecule is CC.COc1cc(/C=C\c2cc(F)c(OC)c(NSc3ccc(N)cc3)c2)cc(OC)c1OC. The summed E-state index contributed by atoms with van der Waals surface area (Å²) in [5.74, 6) is 1.25. The molecule has 3 rings (SSSR count). The standard InChI is InChI=1S/C24H25FN2O4S.C2H6/c1-28-21-13-16(14-22(29-2)24(21)31-4)6-5-15-11-19(25)23(30-3)20(12-15)27-32-18-9-7-17(26)8-10-18;1-2/h5-14,27H,26H2,1-4H3;1-2H3/b6-5-;. The van der Waals surface area contributed by atoms with E-state index in [0.29, 0.717) is 34.2 Å². The van der Waals surface area contributed by atoms with Gasteiger partial charge in [-0.05, 0) is 71.6 Å². The van der Waals surface area contributed by atoms with Crippen molar-refractivity contribution < 1.29 is 23.3 Å². The molecule has 0 fully saturated rings. The van der Waals surface area contributed by atoms with Gasteiger partial charge in [0.1, 0.15) is 0 Å². The van der Waals surface area contributed by atoms with Gasteiger partial charge >= 0.3 is 0 Å². The van der Waals surface area contributed by atoms with Crippen LogP contribution in [0.3, 0.4) is 0 Å². The molecular weight excluding hydrogens is 455 g/mol. The number of hydrogen-bond acceptors (Lipinski definition) is 7. The first-order valence-electron chi connectivity index (χ1n) is 10.6. The molecular formula is C26H31FN2O4S. The summed E-state index contributed by atoms with van der Waals surface area (Å²) in [6.45, 7) is 4.00. The number of methoxy groups -OCH3 is 4. The van der Waals surface area contributed by atoms with Crippen LogP contribution in [0.5, 0.6) is 23.0 Å². The van der Waals surface area contributed by atoms with E-state index in [9.17, 15) is 4.39 Å². The van der Waals surface area contributed by atoms with Crippen LogP contribution in [0.1, 0.15) is 25.0 Å². The first kappa shape index (κ1) is 26.7. The highest BCUT2D eigenvalue weighted by atomic mass is 32.2. The molecule has 3 N–H and O–H groups in total. The second-order valence-corrected chi connectivity index (χ2v) is 7.53. The summed E-state index contributed by atoms with van der Waals surface area (Å²) in [4.78, 5) is 0.931. The van der Waals surface area contributed by atoms with Crippen molar-refractivity contribution in [1.82, 2.24) is 0 Å². The molecule has 0 heterocycles. The van der Waals surface area contributed by atoms with Gasteiger partial charge in [-0.15, -0.1) is 0 Å². The van der Waals surface area contributed by atoms with Crippen LogP contribution in [-0.4, -0.2) is 28.4 Å². The molecule has 0 amide bonds. The quantitative estimate of drug-likeness (QED) is 0.197. The van der Waals surface area contributed by atoms with Crippen molar-refractivity contribution in [3.63, 3.8) is 0 Å². The molecule has 6 nitrogen and oxygen atoms in total. The summed E-state index contributed by atoms with van der Waals surface area (Å²) in [5.41, 5.74) is 8.37. The molecule has 8 heteroatoms. The molecule has 3 aromatic carbocycles. The summed E-state index contributed by atoms with van der Waals surface area (Å²) in [6, 6.07) is 14.2. The Labute approximate surface area is 205 Å². The van der Waals surface area contributed by atoms with Gasteiger partial charge in [-0.1, -0.05) is 26.0 Å². The number of hydrogen-bond donors (Lipinski definition) is 2. The monoisotopic (exact) mass is 486 g/mol. The Balaban J connectivity index is 0.00000199. The van der Waals surface area contributed by atoms with Gasteiger partial charge in [-0.3, -0.25) is 0 Å². The van der Waals surface area contributed by atoms with E-state index in [1.807, 2.05) is 44.2 Å². The number of nitrogens with two attached hydrogens (primary N) is 1. The second-order valence-electron chi connectivity index (χ2n) is 6.65. The topological polar surface area (TPSA) is 75.0 Å². The van der Waals surface area contributed by atoms with Gasteiger partial charge < -0.3 is 29.4 Å². The summed E-state index contributed by atoms with van der Waals surface area (Å²) in [6.07, 6.45) is 3.63. The molecule has 0 atom stereocenters. The Kier molecular flexibility index (Phi) is 10.4. The van der Waals surface area contributed by atoms with E-state index in [0.717, 1.165) is 10.5 Å². The van der Waals surface area contributed by atoms with Crippen LogP contribution in [0.2, 0.25) is 0 Å². The minimum Gasteiger partial charge on any atom is -0.493 e. The maximum atomic E-state index is 14.7. The van der Waals surface area contributed by atoms with Gasteiger partial charge in [0.2, 0.25) is 5.75 Å². The molecule has 0 saturated carbocycles. The van der Waals surface area contributed by atoms with Crippen LogP contribution in [0.25, 0.3) is 12.2 Å². The molecule has 0 bridgehead atoms. The maximum Gasteiger partial charge on any atom is 0.203 e. The van der Waals surface area contributed by atoms with Crippen molar-refractivity contribution in [1.29, 1.82) is 0 Å². The lowest BCUT2D eigenvalue weighted by Crippen LogP contribution is -1.97. The fraction of sp³-hybridized carbons (Fsp3) is 0.231. The lowest BCUT2D eigenvalue weighted by Gasteiger charge is -2.13. The molecule has 0 radical (unpaired) electrons. The van der Waals surface area contributed by atoms with E-state index in [1.54, 1.807) is 45.6 Å². The summed E-state index contributed by atoms with van der Waals surface area (Å²) in [5, 5.41) is 0. The van der Waals surface area contributed by atoms with Crippen LogP contribution in [0.15, 0.2) is 53.4 Å². The van der Waals surface area contributed by atoms with Gasteiger partial charge in [0, 0.05) is 10.6 Å². The predicted molar refractivity (Wildman–Crippen MR) is 140 cm³/mol. The first-order chi connectivity index (χ1) is 16.5. The van der Waals surface area contributed by atoms with Crippen molar-refractivity contribution in [3.05, 3.63) is 65.5 Å². The zero-order valence-electron chi connectivity index (χ0n) is 20.3. The van der Waals surface area contributed by atoms with E-state index >= 15 is 0 Å². The van der Waals surface area contributed by atoms with Gasteiger partial charge in [-0.2, -0.15) is 0 Å². The Hall–Kier alpha value is -3.52. The zero-order chi connectivity index (χ0) is 25.1. The molecule has 182 valence electrons. The smallest absolute Gasteiger partial charge is 0.203 e. The molecule has 0 spiro atoms. The van der Waals surface area contributed by atoms with Gasteiger partial charge in [0.15, 0.2) is 23.1 Å². The lowest BCUT2D eigenvalue weighted by atomic mass is 10.1. The van der Waals surface area contributed by atoms with Crippen molar-refractivity contribution in [3.8, 4) is 23.0 Å². The van der Waals surface area contributed by atoms with Crippen LogP contribution < -0.4 is 29.4 Å². The molecule has 0 unspecified atom stereocenters. The highest BCUT2D eigenvalue weighted by Gasteiger charge is 2.13. The third kappa shape index (κ3) is 6.74. The number of nitrogen functional groups attached to an aromatic ring is 1. The number of nitrogens with one attached hydrogen (secondary N) is 1. The summed E-state index contributed by atoms with van der Waals surface area (Å²) >= 11 is 1.33. The van der Waals surface area contributed by atoms with E-state index in [4.69, 9.17) is 24.7 Å². The number of ether oxygens (including phenoxy) is 4. The Morgan fingerprint density at radius 1 is 0.765 bits per heavy atom. The van der Waals surface area contributed by atoms with Crippen LogP contribution in [0, 0.1) is 5.82 Å². The largest absolute Gasteiger partial charge is 0.493 e. The van der Waals surface area contributed by atoms with Crippen LogP contribution in [-0.2, 0) is 0 Å². The molecule has 0 saturated heterocycles. The average molecular weight is 487 g/mol. The molecule has 3 aromatic rings. The number of rotatable bonds is 9. The molecule has 0 aliphatic heterocycles. The van der Waals surface area contributed by atoms with E-state index < -0.39 is 5.82 Å². The van der Waals surface area contributed by atoms with Crippen molar-refractivity contribution in [2.75, 3.05) is 38.9 Å². The second kappa shape index (κ2) is 13.3. The fourth-order valence-electron chi connectivity index (χ4n) is 3.03. The van der Waals surface area contributed by atoms with Crippen molar-refractivity contribution >= 4 is 35.5 Å². The average Bonchev–Trinajstić information content (AvgIpc) is 2.87. The van der Waals surface area contributed by atoms with Crippen LogP contribution in [0.4, 0.5) is 15.8 Å². The minimum atomic E-state index is -0.472. The highest BCUT2D eigenvalue weighted by Crippen LogP contribution is 2.39. The zero-order valence-corrected chi connectivity index (χ0v) is 21.1. The number of benzene rings is 3. The Morgan fingerprint density at radius 2 is 1.29 bits per heavy atom. The van der Waals surface area contributed by atoms with E-state index in [-0.39, 0.29) is 5.75 Å². The highest BCUT2D eigenvalue weighted by molar-refractivity contribution is 8.00. The molecule has 0 aliphatic carbocycles. The molecule has 0 aromatic heterocycles. The molecule has 34 heavy (non-hydrogen) atoms. The fourth-order valence-corrected chi connectivity index (χ4v) is 3.69. The Morgan fingerprint density at radius 3 is 1.79 bits per heavy atom. The first-order valence-corrected chi connectivity index (χ1v) is 11.4. The number of halogens is 1. The normalized spacial score (nSPS) is 10.3. The lowest BCUT2D eigenvalue weighted by molar-refractivity contribution is 0.324. The van der Waals surface area contributed by atoms with E-state index in [2.05, 4.69) is 4.72 Å². The Bertz CT molecular complexity index is 1080. The van der Waals surface area contributed by atoms with Crippen molar-refractivity contribution in [2.45, 2.75) is 18.7 Å². The minimum absolute atomic E-state index is 0.137. The third-order valence-electron chi connectivity index (χ3n) is 4.58. The van der Waals surface area contributed by atoms with Gasteiger partial charge in [-0.25, -0.2) is 4.39 Å². The van der Waals surface area contributed by atoms with E-state index in [1.165, 1.54) is 25.1 Å². The van der Waals surface area contributed by atoms with Gasteiger partial charge in [0.25, 0.3) is 0 Å².